The summed E-state index contributed by atoms with van der Waals surface area (Å²) in [5, 5.41) is 4.40. The lowest BCUT2D eigenvalue weighted by Gasteiger charge is -2.30. The lowest BCUT2D eigenvalue weighted by atomic mass is 10.1. The van der Waals surface area contributed by atoms with Crippen molar-refractivity contribution in [3.05, 3.63) is 58.0 Å². The molecule has 0 spiro atoms. The standard InChI is InChI=1S/C18H19FN2O2S2/c1-21(10-13-6-4-8-24-13)18(23)15-11-25-16(17(22)20-15)9-12-5-2-3-7-14(12)19/h2-8,15-16H,9-11H2,1H3,(H,20,22)/t15-,16+/m1/s1. The number of carbonyl (C=O) groups is 2. The van der Waals surface area contributed by atoms with Crippen LogP contribution in [0.25, 0.3) is 0 Å². The Kier molecular flexibility index (Phi) is 5.75. The van der Waals surface area contributed by atoms with Crippen LogP contribution in [0.5, 0.6) is 0 Å². The highest BCUT2D eigenvalue weighted by molar-refractivity contribution is 8.00. The first-order valence-corrected chi connectivity index (χ1v) is 9.90. The average molecular weight is 378 g/mol. The second-order valence-corrected chi connectivity index (χ2v) is 8.22. The van der Waals surface area contributed by atoms with E-state index in [1.165, 1.54) is 17.8 Å². The van der Waals surface area contributed by atoms with Gasteiger partial charge in [-0.05, 0) is 29.5 Å². The summed E-state index contributed by atoms with van der Waals surface area (Å²) in [6.45, 7) is 0.534. The minimum absolute atomic E-state index is 0.0985. The van der Waals surface area contributed by atoms with Crippen LogP contribution in [0.3, 0.4) is 0 Å². The summed E-state index contributed by atoms with van der Waals surface area (Å²) in [6.07, 6.45) is 0.328. The van der Waals surface area contributed by atoms with Gasteiger partial charge in [-0.3, -0.25) is 9.59 Å². The van der Waals surface area contributed by atoms with Crippen LogP contribution in [0.2, 0.25) is 0 Å². The van der Waals surface area contributed by atoms with Gasteiger partial charge in [0.15, 0.2) is 0 Å². The number of halogens is 1. The third kappa shape index (κ3) is 4.41. The number of rotatable bonds is 5. The van der Waals surface area contributed by atoms with Crippen LogP contribution in [-0.2, 0) is 22.6 Å². The summed E-state index contributed by atoms with van der Waals surface area (Å²) >= 11 is 3.01. The molecule has 1 saturated heterocycles. The number of nitrogens with zero attached hydrogens (tertiary/aromatic N) is 1. The molecule has 1 fully saturated rings. The molecule has 0 unspecified atom stereocenters. The van der Waals surface area contributed by atoms with Crippen molar-refractivity contribution in [2.24, 2.45) is 0 Å². The van der Waals surface area contributed by atoms with Crippen LogP contribution in [-0.4, -0.2) is 40.8 Å². The van der Waals surface area contributed by atoms with Gasteiger partial charge in [-0.2, -0.15) is 0 Å². The van der Waals surface area contributed by atoms with E-state index in [0.29, 0.717) is 24.3 Å². The Labute approximate surface area is 154 Å². The summed E-state index contributed by atoms with van der Waals surface area (Å²) in [4.78, 5) is 27.6. The van der Waals surface area contributed by atoms with Crippen LogP contribution in [0.4, 0.5) is 4.39 Å². The van der Waals surface area contributed by atoms with Gasteiger partial charge >= 0.3 is 0 Å². The molecule has 0 saturated carbocycles. The first-order valence-electron chi connectivity index (χ1n) is 7.97. The Morgan fingerprint density at radius 1 is 1.32 bits per heavy atom. The van der Waals surface area contributed by atoms with Gasteiger partial charge in [-0.15, -0.1) is 23.1 Å². The quantitative estimate of drug-likeness (QED) is 0.870. The number of thiophene rings is 1. The minimum Gasteiger partial charge on any atom is -0.343 e. The molecular formula is C18H19FN2O2S2. The second kappa shape index (κ2) is 8.01. The molecule has 0 bridgehead atoms. The van der Waals surface area contributed by atoms with Crippen LogP contribution < -0.4 is 5.32 Å². The van der Waals surface area contributed by atoms with E-state index in [4.69, 9.17) is 0 Å². The fourth-order valence-corrected chi connectivity index (χ4v) is 4.65. The monoisotopic (exact) mass is 378 g/mol. The molecular weight excluding hydrogens is 359 g/mol. The fourth-order valence-electron chi connectivity index (χ4n) is 2.72. The SMILES string of the molecule is CN(Cc1cccs1)C(=O)[C@H]1CS[C@@H](Cc2ccccc2F)C(=O)N1. The number of hydrogen-bond acceptors (Lipinski definition) is 4. The lowest BCUT2D eigenvalue weighted by molar-refractivity contribution is -0.135. The molecule has 4 nitrogen and oxygen atoms in total. The lowest BCUT2D eigenvalue weighted by Crippen LogP contribution is -2.54. The number of amides is 2. The fraction of sp³-hybridized carbons (Fsp3) is 0.333. The molecule has 25 heavy (non-hydrogen) atoms. The zero-order chi connectivity index (χ0) is 17.8. The van der Waals surface area contributed by atoms with Crippen LogP contribution in [0, 0.1) is 5.82 Å². The van der Waals surface area contributed by atoms with Crippen molar-refractivity contribution in [2.75, 3.05) is 12.8 Å². The summed E-state index contributed by atoms with van der Waals surface area (Å²) in [6, 6.07) is 9.87. The number of carbonyl (C=O) groups excluding carboxylic acids is 2. The van der Waals surface area contributed by atoms with Crippen molar-refractivity contribution in [1.82, 2.24) is 10.2 Å². The number of likely N-dealkylation sites (N-methyl/N-ethyl adjacent to an activating group) is 1. The van der Waals surface area contributed by atoms with Gasteiger partial charge in [0.25, 0.3) is 0 Å². The molecule has 2 amide bonds. The van der Waals surface area contributed by atoms with Crippen molar-refractivity contribution in [1.29, 1.82) is 0 Å². The van der Waals surface area contributed by atoms with E-state index in [1.54, 1.807) is 41.5 Å². The van der Waals surface area contributed by atoms with E-state index in [0.717, 1.165) is 4.88 Å². The zero-order valence-electron chi connectivity index (χ0n) is 13.8. The highest BCUT2D eigenvalue weighted by atomic mass is 32.2. The van der Waals surface area contributed by atoms with Crippen molar-refractivity contribution < 1.29 is 14.0 Å². The third-order valence-corrected chi connectivity index (χ3v) is 6.25. The molecule has 2 aromatic rings. The number of nitrogens with one attached hydrogen (secondary N) is 1. The van der Waals surface area contributed by atoms with Crippen molar-refractivity contribution in [3.63, 3.8) is 0 Å². The second-order valence-electron chi connectivity index (χ2n) is 5.95. The number of hydrogen-bond donors (Lipinski definition) is 1. The first kappa shape index (κ1) is 17.9. The van der Waals surface area contributed by atoms with Gasteiger partial charge in [0, 0.05) is 17.7 Å². The number of benzene rings is 1. The highest BCUT2D eigenvalue weighted by Crippen LogP contribution is 2.24. The average Bonchev–Trinajstić information content (AvgIpc) is 3.10. The Morgan fingerprint density at radius 2 is 2.12 bits per heavy atom. The molecule has 7 heteroatoms. The van der Waals surface area contributed by atoms with E-state index in [2.05, 4.69) is 5.32 Å². The van der Waals surface area contributed by atoms with E-state index >= 15 is 0 Å². The summed E-state index contributed by atoms with van der Waals surface area (Å²) in [5.41, 5.74) is 0.523. The maximum atomic E-state index is 13.8. The first-order chi connectivity index (χ1) is 12.0. The summed E-state index contributed by atoms with van der Waals surface area (Å²) in [5.74, 6) is -0.107. The largest absolute Gasteiger partial charge is 0.343 e. The topological polar surface area (TPSA) is 49.4 Å². The van der Waals surface area contributed by atoms with Crippen LogP contribution >= 0.6 is 23.1 Å². The molecule has 1 N–H and O–H groups in total. The van der Waals surface area contributed by atoms with Crippen molar-refractivity contribution >= 4 is 34.9 Å². The Bertz CT molecular complexity index is 751. The molecule has 3 rings (SSSR count). The van der Waals surface area contributed by atoms with E-state index < -0.39 is 6.04 Å². The van der Waals surface area contributed by atoms with Crippen molar-refractivity contribution in [3.8, 4) is 0 Å². The highest BCUT2D eigenvalue weighted by Gasteiger charge is 2.34. The van der Waals surface area contributed by atoms with Crippen molar-refractivity contribution in [2.45, 2.75) is 24.3 Å². The van der Waals surface area contributed by atoms with E-state index in [1.807, 2.05) is 17.5 Å². The molecule has 0 aliphatic carbocycles. The minimum atomic E-state index is -0.528. The summed E-state index contributed by atoms with van der Waals surface area (Å²) in [7, 11) is 1.74. The third-order valence-electron chi connectivity index (χ3n) is 4.08. The smallest absolute Gasteiger partial charge is 0.246 e. The van der Waals surface area contributed by atoms with Crippen LogP contribution in [0.1, 0.15) is 10.4 Å². The van der Waals surface area contributed by atoms with E-state index in [9.17, 15) is 14.0 Å². The van der Waals surface area contributed by atoms with Gasteiger partial charge in [-0.25, -0.2) is 4.39 Å². The molecule has 1 aliphatic heterocycles. The summed E-state index contributed by atoms with van der Waals surface area (Å²) < 4.78 is 13.8. The maximum Gasteiger partial charge on any atom is 0.246 e. The molecule has 132 valence electrons. The molecule has 0 radical (unpaired) electrons. The zero-order valence-corrected chi connectivity index (χ0v) is 15.4. The predicted octanol–water partition coefficient (Wildman–Crippen LogP) is 2.69. The Morgan fingerprint density at radius 3 is 2.80 bits per heavy atom. The molecule has 1 aliphatic rings. The molecule has 1 aromatic heterocycles. The number of thioether (sulfide) groups is 1. The molecule has 2 heterocycles. The maximum absolute atomic E-state index is 13.8. The van der Waals surface area contributed by atoms with Gasteiger partial charge in [0.05, 0.1) is 11.8 Å². The van der Waals surface area contributed by atoms with Crippen LogP contribution in [0.15, 0.2) is 41.8 Å². The Balaban J connectivity index is 1.56. The van der Waals surface area contributed by atoms with Gasteiger partial charge in [0.1, 0.15) is 11.9 Å². The molecule has 2 atom stereocenters. The predicted molar refractivity (Wildman–Crippen MR) is 99.1 cm³/mol. The van der Waals surface area contributed by atoms with Gasteiger partial charge in [-0.1, -0.05) is 24.3 Å². The molecule has 1 aromatic carbocycles. The Hall–Kier alpha value is -1.86. The van der Waals surface area contributed by atoms with Gasteiger partial charge < -0.3 is 10.2 Å². The normalized spacial score (nSPS) is 20.2. The van der Waals surface area contributed by atoms with Gasteiger partial charge in [0.2, 0.25) is 11.8 Å². The van der Waals surface area contributed by atoms with E-state index in [-0.39, 0.29) is 22.9 Å².